The van der Waals surface area contributed by atoms with Crippen molar-refractivity contribution in [2.24, 2.45) is 0 Å². The van der Waals surface area contributed by atoms with Gasteiger partial charge < -0.3 is 9.84 Å². The molecule has 1 aliphatic rings. The fourth-order valence-corrected chi connectivity index (χ4v) is 2.36. The number of aliphatic hydroxyl groups excluding tert-OH is 1. The Morgan fingerprint density at radius 1 is 1.68 bits per heavy atom. The number of aromatic nitrogens is 2. The van der Waals surface area contributed by atoms with E-state index in [4.69, 9.17) is 16.3 Å². The summed E-state index contributed by atoms with van der Waals surface area (Å²) in [6, 6.07) is 0. The number of halogens is 2. The second-order valence-electron chi connectivity index (χ2n) is 4.61. The van der Waals surface area contributed by atoms with E-state index in [0.717, 1.165) is 4.57 Å². The van der Waals surface area contributed by atoms with Gasteiger partial charge in [-0.25, -0.2) is 9.18 Å². The smallest absolute Gasteiger partial charge is 0.330 e. The van der Waals surface area contributed by atoms with E-state index in [1.165, 1.54) is 13.1 Å². The highest BCUT2D eigenvalue weighted by atomic mass is 35.5. The molecule has 0 aromatic carbocycles. The summed E-state index contributed by atoms with van der Waals surface area (Å²) in [6.07, 6.45) is -1.19. The molecule has 0 radical (unpaired) electrons. The summed E-state index contributed by atoms with van der Waals surface area (Å²) in [5.41, 5.74) is -2.38. The second kappa shape index (κ2) is 5.07. The summed E-state index contributed by atoms with van der Waals surface area (Å²) in [5.74, 6) is -0.224. The second-order valence-corrected chi connectivity index (χ2v) is 4.88. The molecule has 0 bridgehead atoms. The highest BCUT2D eigenvalue weighted by Crippen LogP contribution is 2.38. The van der Waals surface area contributed by atoms with Crippen molar-refractivity contribution in [3.05, 3.63) is 32.6 Å². The van der Waals surface area contributed by atoms with Crippen LogP contribution in [0.4, 0.5) is 4.39 Å². The number of nitrogens with zero attached hydrogens (tertiary/aromatic N) is 1. The van der Waals surface area contributed by atoms with Crippen LogP contribution in [0, 0.1) is 6.92 Å². The Bertz CT molecular complexity index is 581. The molecule has 0 aliphatic carbocycles. The molecule has 0 spiro atoms. The number of rotatable bonds is 3. The lowest BCUT2D eigenvalue weighted by Gasteiger charge is -2.26. The van der Waals surface area contributed by atoms with E-state index in [9.17, 15) is 19.1 Å². The van der Waals surface area contributed by atoms with Gasteiger partial charge in [-0.05, 0) is 6.92 Å². The fraction of sp³-hybridized carbons (Fsp3) is 0.636. The molecular formula is C11H14ClFN2O4. The quantitative estimate of drug-likeness (QED) is 0.772. The molecule has 1 fully saturated rings. The zero-order valence-corrected chi connectivity index (χ0v) is 11.0. The summed E-state index contributed by atoms with van der Waals surface area (Å²) < 4.78 is 20.4. The Morgan fingerprint density at radius 3 is 2.89 bits per heavy atom. The normalized spacial score (nSPS) is 30.7. The fourth-order valence-electron chi connectivity index (χ4n) is 2.05. The predicted molar refractivity (Wildman–Crippen MR) is 66.2 cm³/mol. The van der Waals surface area contributed by atoms with Crippen LogP contribution in [0.2, 0.25) is 0 Å². The van der Waals surface area contributed by atoms with Gasteiger partial charge in [-0.2, -0.15) is 0 Å². The van der Waals surface area contributed by atoms with Gasteiger partial charge in [0.2, 0.25) is 0 Å². The zero-order valence-electron chi connectivity index (χ0n) is 10.2. The number of aliphatic hydroxyl groups is 1. The first-order valence-electron chi connectivity index (χ1n) is 5.74. The van der Waals surface area contributed by atoms with Crippen molar-refractivity contribution >= 4 is 11.6 Å². The van der Waals surface area contributed by atoms with E-state index in [0.29, 0.717) is 5.56 Å². The molecule has 1 saturated heterocycles. The zero-order chi connectivity index (χ0) is 14.2. The molecule has 19 heavy (non-hydrogen) atoms. The van der Waals surface area contributed by atoms with Gasteiger partial charge in [0.25, 0.3) is 5.56 Å². The average Bonchev–Trinajstić information content (AvgIpc) is 2.71. The minimum absolute atomic E-state index is 0.112. The Hall–Kier alpha value is -1.18. The first kappa shape index (κ1) is 14.2. The number of hydrogen-bond donors (Lipinski definition) is 2. The number of aryl methyl sites for hydroxylation is 1. The van der Waals surface area contributed by atoms with Crippen LogP contribution < -0.4 is 11.2 Å². The average molecular weight is 293 g/mol. The first-order valence-corrected chi connectivity index (χ1v) is 6.28. The largest absolute Gasteiger partial charge is 0.393 e. The van der Waals surface area contributed by atoms with Gasteiger partial charge in [-0.15, -0.1) is 11.6 Å². The van der Waals surface area contributed by atoms with Crippen molar-refractivity contribution in [3.63, 3.8) is 0 Å². The van der Waals surface area contributed by atoms with Gasteiger partial charge in [0.05, 0.1) is 12.5 Å². The lowest BCUT2D eigenvalue weighted by Crippen LogP contribution is -2.43. The number of alkyl halides is 2. The number of H-pyrrole nitrogens is 1. The SMILES string of the molecule is Cc1cn([C@H]2C[C@H](F)[C@](CO)(CCl)O2)c(=O)[nH]c1=O. The monoisotopic (exact) mass is 292 g/mol. The molecule has 3 atom stereocenters. The van der Waals surface area contributed by atoms with E-state index < -0.39 is 35.9 Å². The molecule has 1 aromatic rings. The predicted octanol–water partition coefficient (Wildman–Crippen LogP) is 0.0719. The lowest BCUT2D eigenvalue weighted by atomic mass is 10.0. The van der Waals surface area contributed by atoms with Crippen molar-refractivity contribution in [1.82, 2.24) is 9.55 Å². The summed E-state index contributed by atoms with van der Waals surface area (Å²) in [4.78, 5) is 25.1. The molecular weight excluding hydrogens is 279 g/mol. The number of ether oxygens (including phenoxy) is 1. The Labute approximate surface area is 112 Å². The van der Waals surface area contributed by atoms with Gasteiger partial charge in [0, 0.05) is 18.2 Å². The van der Waals surface area contributed by atoms with Crippen LogP contribution in [-0.4, -0.2) is 38.9 Å². The van der Waals surface area contributed by atoms with Crippen LogP contribution >= 0.6 is 11.6 Å². The van der Waals surface area contributed by atoms with Crippen LogP contribution in [0.3, 0.4) is 0 Å². The number of hydrogen-bond acceptors (Lipinski definition) is 4. The van der Waals surface area contributed by atoms with Gasteiger partial charge in [0.15, 0.2) is 0 Å². The third-order valence-electron chi connectivity index (χ3n) is 3.30. The van der Waals surface area contributed by atoms with E-state index in [1.54, 1.807) is 0 Å². The van der Waals surface area contributed by atoms with E-state index in [2.05, 4.69) is 4.98 Å². The van der Waals surface area contributed by atoms with Crippen LogP contribution in [-0.2, 0) is 4.74 Å². The third kappa shape index (κ3) is 2.33. The van der Waals surface area contributed by atoms with E-state index >= 15 is 0 Å². The van der Waals surface area contributed by atoms with Gasteiger partial charge in [-0.1, -0.05) is 0 Å². The molecule has 6 nitrogen and oxygen atoms in total. The topological polar surface area (TPSA) is 84.3 Å². The summed E-state index contributed by atoms with van der Waals surface area (Å²) in [5, 5.41) is 9.22. The standard InChI is InChI=1S/C11H14ClFN2O4/c1-6-3-15(10(18)14-9(6)17)8-2-7(13)11(4-12,5-16)19-8/h3,7-8,16H,2,4-5H2,1H3,(H,14,17,18)/t7-,8+,11+/m0/s1. The van der Waals surface area contributed by atoms with Crippen molar-refractivity contribution in [1.29, 1.82) is 0 Å². The van der Waals surface area contributed by atoms with Crippen molar-refractivity contribution in [2.45, 2.75) is 31.3 Å². The minimum Gasteiger partial charge on any atom is -0.393 e. The Kier molecular flexibility index (Phi) is 3.80. The molecule has 0 amide bonds. The maximum atomic E-state index is 13.9. The van der Waals surface area contributed by atoms with E-state index in [-0.39, 0.29) is 12.3 Å². The first-order chi connectivity index (χ1) is 8.93. The molecule has 2 rings (SSSR count). The summed E-state index contributed by atoms with van der Waals surface area (Å²) in [6.45, 7) is 0.947. The molecule has 0 unspecified atom stereocenters. The number of nitrogens with one attached hydrogen (secondary N) is 1. The highest BCUT2D eigenvalue weighted by Gasteiger charge is 2.49. The molecule has 1 aliphatic heterocycles. The maximum Gasteiger partial charge on any atom is 0.330 e. The van der Waals surface area contributed by atoms with Crippen LogP contribution in [0.15, 0.2) is 15.8 Å². The van der Waals surface area contributed by atoms with Crippen LogP contribution in [0.1, 0.15) is 18.2 Å². The molecule has 0 saturated carbocycles. The van der Waals surface area contributed by atoms with Crippen molar-refractivity contribution < 1.29 is 14.2 Å². The molecule has 1 aromatic heterocycles. The summed E-state index contributed by atoms with van der Waals surface area (Å²) >= 11 is 5.64. The molecule has 106 valence electrons. The molecule has 2 N–H and O–H groups in total. The molecule has 2 heterocycles. The third-order valence-corrected chi connectivity index (χ3v) is 3.75. The van der Waals surface area contributed by atoms with Crippen LogP contribution in [0.25, 0.3) is 0 Å². The van der Waals surface area contributed by atoms with E-state index in [1.807, 2.05) is 0 Å². The van der Waals surface area contributed by atoms with Crippen molar-refractivity contribution in [3.8, 4) is 0 Å². The lowest BCUT2D eigenvalue weighted by molar-refractivity contribution is -0.102. The Morgan fingerprint density at radius 2 is 2.37 bits per heavy atom. The van der Waals surface area contributed by atoms with Crippen molar-refractivity contribution in [2.75, 3.05) is 12.5 Å². The van der Waals surface area contributed by atoms with Crippen LogP contribution in [0.5, 0.6) is 0 Å². The number of aromatic amines is 1. The molecule has 8 heteroatoms. The van der Waals surface area contributed by atoms with Gasteiger partial charge in [-0.3, -0.25) is 14.3 Å². The van der Waals surface area contributed by atoms with Gasteiger partial charge in [0.1, 0.15) is 18.0 Å². The minimum atomic E-state index is -1.50. The summed E-state index contributed by atoms with van der Waals surface area (Å²) in [7, 11) is 0. The van der Waals surface area contributed by atoms with Gasteiger partial charge >= 0.3 is 5.69 Å². The maximum absolute atomic E-state index is 13.9. The highest BCUT2D eigenvalue weighted by molar-refractivity contribution is 6.18. The Balaban J connectivity index is 2.38.